The highest BCUT2D eigenvalue weighted by atomic mass is 16.6. The molecule has 1 aliphatic rings. The van der Waals surface area contributed by atoms with Gasteiger partial charge in [0.05, 0.1) is 12.1 Å². The average molecular weight is 239 g/mol. The van der Waals surface area contributed by atoms with E-state index in [1.54, 1.807) is 0 Å². The Labute approximate surface area is 104 Å². The molecule has 2 aromatic carbocycles. The Morgan fingerprint density at radius 2 is 1.94 bits per heavy atom. The van der Waals surface area contributed by atoms with Crippen LogP contribution in [0, 0.1) is 0 Å². The maximum Gasteiger partial charge on any atom is 0.121 e. The van der Waals surface area contributed by atoms with Crippen molar-refractivity contribution in [1.29, 1.82) is 0 Å². The van der Waals surface area contributed by atoms with Crippen LogP contribution >= 0.6 is 0 Å². The maximum absolute atomic E-state index is 5.69. The molecule has 2 heterocycles. The molecule has 0 amide bonds. The van der Waals surface area contributed by atoms with E-state index in [4.69, 9.17) is 9.47 Å². The van der Waals surface area contributed by atoms with Gasteiger partial charge in [-0.3, -0.25) is 0 Å². The lowest BCUT2D eigenvalue weighted by molar-refractivity contribution is 0.263. The number of H-pyrrole nitrogens is 1. The number of benzene rings is 2. The first-order chi connectivity index (χ1) is 8.90. The second kappa shape index (κ2) is 3.75. The molecule has 90 valence electrons. The number of aromatic amines is 1. The summed E-state index contributed by atoms with van der Waals surface area (Å²) in [6.07, 6.45) is 0.295. The summed E-state index contributed by atoms with van der Waals surface area (Å²) in [6, 6.07) is 14.5. The van der Waals surface area contributed by atoms with E-state index < -0.39 is 0 Å². The number of ether oxygens (including phenoxy) is 2. The van der Waals surface area contributed by atoms with E-state index in [0.29, 0.717) is 12.7 Å². The van der Waals surface area contributed by atoms with E-state index in [9.17, 15) is 0 Å². The van der Waals surface area contributed by atoms with Gasteiger partial charge in [0, 0.05) is 22.4 Å². The van der Waals surface area contributed by atoms with Gasteiger partial charge in [-0.1, -0.05) is 18.2 Å². The van der Waals surface area contributed by atoms with E-state index in [2.05, 4.69) is 35.3 Å². The van der Waals surface area contributed by atoms with Gasteiger partial charge in [0.25, 0.3) is 0 Å². The summed E-state index contributed by atoms with van der Waals surface area (Å²) >= 11 is 0. The molecular formula is C15H13NO2. The Bertz CT molecular complexity index is 713. The first-order valence-corrected chi connectivity index (χ1v) is 6.15. The fourth-order valence-electron chi connectivity index (χ4n) is 2.28. The van der Waals surface area contributed by atoms with Crippen molar-refractivity contribution in [3.8, 4) is 5.75 Å². The Morgan fingerprint density at radius 3 is 2.83 bits per heavy atom. The van der Waals surface area contributed by atoms with Gasteiger partial charge in [0.15, 0.2) is 0 Å². The molecule has 1 N–H and O–H groups in total. The van der Waals surface area contributed by atoms with Crippen molar-refractivity contribution in [1.82, 2.24) is 4.98 Å². The molecule has 1 saturated heterocycles. The summed E-state index contributed by atoms with van der Waals surface area (Å²) in [4.78, 5) is 3.41. The molecule has 4 rings (SSSR count). The molecule has 3 heteroatoms. The minimum absolute atomic E-state index is 0.295. The van der Waals surface area contributed by atoms with Crippen LogP contribution in [0.1, 0.15) is 0 Å². The molecule has 1 atom stereocenters. The predicted molar refractivity (Wildman–Crippen MR) is 71.0 cm³/mol. The van der Waals surface area contributed by atoms with E-state index >= 15 is 0 Å². The zero-order valence-electron chi connectivity index (χ0n) is 9.85. The van der Waals surface area contributed by atoms with Gasteiger partial charge in [0.2, 0.25) is 0 Å². The van der Waals surface area contributed by atoms with Crippen molar-refractivity contribution in [2.75, 3.05) is 13.2 Å². The van der Waals surface area contributed by atoms with E-state index in [0.717, 1.165) is 23.4 Å². The second-order valence-corrected chi connectivity index (χ2v) is 4.64. The number of para-hydroxylation sites is 1. The number of hydrogen-bond donors (Lipinski definition) is 1. The molecule has 3 aromatic rings. The summed E-state index contributed by atoms with van der Waals surface area (Å²) in [5.41, 5.74) is 2.28. The van der Waals surface area contributed by atoms with Crippen molar-refractivity contribution in [2.45, 2.75) is 6.10 Å². The fourth-order valence-corrected chi connectivity index (χ4v) is 2.28. The summed E-state index contributed by atoms with van der Waals surface area (Å²) < 4.78 is 10.8. The third kappa shape index (κ3) is 1.64. The van der Waals surface area contributed by atoms with Crippen LogP contribution in [0.15, 0.2) is 42.5 Å². The van der Waals surface area contributed by atoms with Crippen molar-refractivity contribution >= 4 is 21.8 Å². The number of aromatic nitrogens is 1. The third-order valence-electron chi connectivity index (χ3n) is 3.32. The standard InChI is InChI=1S/C15H13NO2/c1-2-4-14-12(3-1)13-6-5-10(7-15(13)16-14)17-8-11-9-18-11/h1-7,11,16H,8-9H2/t11-/m1/s1. The van der Waals surface area contributed by atoms with Crippen LogP contribution in [-0.4, -0.2) is 24.3 Å². The minimum Gasteiger partial charge on any atom is -0.491 e. The van der Waals surface area contributed by atoms with Crippen LogP contribution in [0.5, 0.6) is 5.75 Å². The van der Waals surface area contributed by atoms with Crippen LogP contribution in [-0.2, 0) is 4.74 Å². The van der Waals surface area contributed by atoms with Crippen molar-refractivity contribution < 1.29 is 9.47 Å². The lowest BCUT2D eigenvalue weighted by atomic mass is 10.1. The highest BCUT2D eigenvalue weighted by molar-refractivity contribution is 6.07. The van der Waals surface area contributed by atoms with E-state index in [1.807, 2.05) is 12.1 Å². The molecular weight excluding hydrogens is 226 g/mol. The van der Waals surface area contributed by atoms with Gasteiger partial charge in [-0.25, -0.2) is 0 Å². The van der Waals surface area contributed by atoms with Crippen molar-refractivity contribution in [3.05, 3.63) is 42.5 Å². The normalized spacial score (nSPS) is 18.3. The van der Waals surface area contributed by atoms with Crippen LogP contribution in [0.2, 0.25) is 0 Å². The highest BCUT2D eigenvalue weighted by Gasteiger charge is 2.23. The highest BCUT2D eigenvalue weighted by Crippen LogP contribution is 2.28. The van der Waals surface area contributed by atoms with Gasteiger partial charge in [-0.15, -0.1) is 0 Å². The van der Waals surface area contributed by atoms with Gasteiger partial charge >= 0.3 is 0 Å². The summed E-state index contributed by atoms with van der Waals surface area (Å²) in [7, 11) is 0. The Morgan fingerprint density at radius 1 is 1.11 bits per heavy atom. The number of rotatable bonds is 3. The molecule has 3 nitrogen and oxygen atoms in total. The zero-order valence-corrected chi connectivity index (χ0v) is 9.85. The lowest BCUT2D eigenvalue weighted by Gasteiger charge is -2.03. The lowest BCUT2D eigenvalue weighted by Crippen LogP contribution is -2.03. The monoisotopic (exact) mass is 239 g/mol. The second-order valence-electron chi connectivity index (χ2n) is 4.64. The summed E-state index contributed by atoms with van der Waals surface area (Å²) in [5.74, 6) is 0.893. The fraction of sp³-hybridized carbons (Fsp3) is 0.200. The third-order valence-corrected chi connectivity index (χ3v) is 3.32. The zero-order chi connectivity index (χ0) is 11.9. The summed E-state index contributed by atoms with van der Waals surface area (Å²) in [5, 5.41) is 2.49. The van der Waals surface area contributed by atoms with Crippen LogP contribution in [0.4, 0.5) is 0 Å². The molecule has 1 fully saturated rings. The first kappa shape index (κ1) is 9.97. The Hall–Kier alpha value is -2.00. The van der Waals surface area contributed by atoms with Gasteiger partial charge in [-0.2, -0.15) is 0 Å². The molecule has 1 aromatic heterocycles. The van der Waals surface area contributed by atoms with Gasteiger partial charge in [0.1, 0.15) is 18.5 Å². The smallest absolute Gasteiger partial charge is 0.121 e. The van der Waals surface area contributed by atoms with Gasteiger partial charge in [-0.05, 0) is 18.2 Å². The molecule has 0 saturated carbocycles. The SMILES string of the molecule is c1ccc2c(c1)[nH]c1cc(OC[C@@H]3CO3)ccc12. The van der Waals surface area contributed by atoms with Crippen molar-refractivity contribution in [3.63, 3.8) is 0 Å². The van der Waals surface area contributed by atoms with Crippen LogP contribution < -0.4 is 4.74 Å². The number of nitrogens with one attached hydrogen (secondary N) is 1. The Balaban J connectivity index is 1.76. The van der Waals surface area contributed by atoms with E-state index in [1.165, 1.54) is 10.8 Å². The Kier molecular flexibility index (Phi) is 2.08. The quantitative estimate of drug-likeness (QED) is 0.713. The van der Waals surface area contributed by atoms with E-state index in [-0.39, 0.29) is 0 Å². The average Bonchev–Trinajstić information content (AvgIpc) is 3.16. The first-order valence-electron chi connectivity index (χ1n) is 6.15. The number of hydrogen-bond acceptors (Lipinski definition) is 2. The molecule has 0 unspecified atom stereocenters. The molecule has 1 aliphatic heterocycles. The summed E-state index contributed by atoms with van der Waals surface area (Å²) in [6.45, 7) is 1.47. The molecule has 18 heavy (non-hydrogen) atoms. The topological polar surface area (TPSA) is 37.5 Å². The predicted octanol–water partition coefficient (Wildman–Crippen LogP) is 3.10. The maximum atomic E-state index is 5.69. The molecule has 0 bridgehead atoms. The van der Waals surface area contributed by atoms with Crippen LogP contribution in [0.25, 0.3) is 21.8 Å². The van der Waals surface area contributed by atoms with Crippen molar-refractivity contribution in [2.24, 2.45) is 0 Å². The molecule has 0 radical (unpaired) electrons. The molecule has 0 aliphatic carbocycles. The molecule has 0 spiro atoms. The largest absolute Gasteiger partial charge is 0.491 e. The van der Waals surface area contributed by atoms with Crippen LogP contribution in [0.3, 0.4) is 0 Å². The number of fused-ring (bicyclic) bond motifs is 3. The van der Waals surface area contributed by atoms with Gasteiger partial charge < -0.3 is 14.5 Å². The minimum atomic E-state index is 0.295. The number of epoxide rings is 1.